The second-order valence-electron chi connectivity index (χ2n) is 5.63. The van der Waals surface area contributed by atoms with Crippen molar-refractivity contribution >= 4 is 29.9 Å². The number of nitrogens with zero attached hydrogens (tertiary/aromatic N) is 3. The molecule has 0 unspecified atom stereocenters. The van der Waals surface area contributed by atoms with Gasteiger partial charge in [0.2, 0.25) is 0 Å². The first-order valence-corrected chi connectivity index (χ1v) is 8.41. The van der Waals surface area contributed by atoms with Gasteiger partial charge in [0.05, 0.1) is 18.1 Å². The second kappa shape index (κ2) is 10.6. The van der Waals surface area contributed by atoms with Gasteiger partial charge in [0.15, 0.2) is 5.96 Å². The summed E-state index contributed by atoms with van der Waals surface area (Å²) in [4.78, 5) is 4.23. The molecule has 0 atom stereocenters. The highest BCUT2D eigenvalue weighted by Crippen LogP contribution is 2.07. The van der Waals surface area contributed by atoms with E-state index >= 15 is 0 Å². The molecular weight excluding hydrogens is 441 g/mol. The molecule has 3 rings (SSSR count). The van der Waals surface area contributed by atoms with Gasteiger partial charge in [0.1, 0.15) is 5.76 Å². The van der Waals surface area contributed by atoms with Crippen molar-refractivity contribution in [1.29, 1.82) is 0 Å². The van der Waals surface area contributed by atoms with Crippen molar-refractivity contribution < 1.29 is 4.42 Å². The maximum Gasteiger partial charge on any atom is 0.191 e. The van der Waals surface area contributed by atoms with Crippen LogP contribution in [0.15, 0.2) is 70.5 Å². The number of furan rings is 1. The molecule has 1 aromatic carbocycles. The van der Waals surface area contributed by atoms with Crippen LogP contribution in [0.4, 0.5) is 0 Å². The Hall–Kier alpha value is -2.29. The molecule has 6 nitrogen and oxygen atoms in total. The van der Waals surface area contributed by atoms with Gasteiger partial charge in [-0.1, -0.05) is 18.2 Å². The van der Waals surface area contributed by atoms with Crippen molar-refractivity contribution in [3.63, 3.8) is 0 Å². The number of nitrogens with one attached hydrogen (secondary N) is 2. The predicted octanol–water partition coefficient (Wildman–Crippen LogP) is 3.03. The van der Waals surface area contributed by atoms with Gasteiger partial charge in [-0.2, -0.15) is 5.10 Å². The Labute approximate surface area is 170 Å². The lowest BCUT2D eigenvalue weighted by Crippen LogP contribution is -2.39. The fraction of sp³-hybridized carbons (Fsp3) is 0.263. The van der Waals surface area contributed by atoms with Crippen molar-refractivity contribution in [3.05, 3.63) is 72.4 Å². The van der Waals surface area contributed by atoms with Crippen molar-refractivity contribution in [2.24, 2.45) is 4.99 Å². The minimum absolute atomic E-state index is 0. The molecule has 0 aliphatic rings. The zero-order valence-corrected chi connectivity index (χ0v) is 17.1. The van der Waals surface area contributed by atoms with E-state index in [0.717, 1.165) is 43.3 Å². The third-order valence-corrected chi connectivity index (χ3v) is 3.83. The molecule has 0 aliphatic carbocycles. The third kappa shape index (κ3) is 5.91. The molecule has 2 heterocycles. The van der Waals surface area contributed by atoms with Crippen molar-refractivity contribution in [3.8, 4) is 5.69 Å². The van der Waals surface area contributed by atoms with Crippen LogP contribution < -0.4 is 10.6 Å². The molecule has 0 radical (unpaired) electrons. The van der Waals surface area contributed by atoms with Gasteiger partial charge < -0.3 is 15.1 Å². The Kier molecular flexibility index (Phi) is 8.20. The van der Waals surface area contributed by atoms with Crippen LogP contribution in [-0.2, 0) is 12.8 Å². The van der Waals surface area contributed by atoms with E-state index in [-0.39, 0.29) is 24.0 Å². The molecular formula is C19H24IN5O. The zero-order chi connectivity index (χ0) is 17.3. The molecule has 0 fully saturated rings. The van der Waals surface area contributed by atoms with Gasteiger partial charge in [-0.05, 0) is 36.2 Å². The van der Waals surface area contributed by atoms with E-state index in [1.165, 1.54) is 5.56 Å². The van der Waals surface area contributed by atoms with Gasteiger partial charge in [-0.15, -0.1) is 24.0 Å². The van der Waals surface area contributed by atoms with Crippen LogP contribution in [0, 0.1) is 0 Å². The minimum Gasteiger partial charge on any atom is -0.469 e. The number of aromatic nitrogens is 2. The number of aliphatic imine (C=N–C) groups is 1. The number of benzene rings is 1. The monoisotopic (exact) mass is 465 g/mol. The van der Waals surface area contributed by atoms with Crippen LogP contribution in [0.3, 0.4) is 0 Å². The predicted molar refractivity (Wildman–Crippen MR) is 114 cm³/mol. The minimum atomic E-state index is 0. The molecule has 138 valence electrons. The molecule has 2 aromatic heterocycles. The average Bonchev–Trinajstić information content (AvgIpc) is 3.33. The van der Waals surface area contributed by atoms with E-state index in [4.69, 9.17) is 4.42 Å². The molecule has 0 aliphatic heterocycles. The Bertz CT molecular complexity index is 783. The van der Waals surface area contributed by atoms with Crippen LogP contribution in [0.1, 0.15) is 11.3 Å². The molecule has 0 amide bonds. The SMILES string of the molecule is CN=C(NCCc1cnn(-c2ccccc2)c1)NCCc1ccco1.I. The first kappa shape index (κ1) is 20.0. The highest BCUT2D eigenvalue weighted by molar-refractivity contribution is 14.0. The van der Waals surface area contributed by atoms with Gasteiger partial charge in [-0.3, -0.25) is 4.99 Å². The van der Waals surface area contributed by atoms with E-state index in [1.807, 2.05) is 53.3 Å². The van der Waals surface area contributed by atoms with Gasteiger partial charge in [0.25, 0.3) is 0 Å². The quantitative estimate of drug-likeness (QED) is 0.320. The second-order valence-corrected chi connectivity index (χ2v) is 5.63. The third-order valence-electron chi connectivity index (χ3n) is 3.83. The van der Waals surface area contributed by atoms with Crippen LogP contribution in [0.2, 0.25) is 0 Å². The van der Waals surface area contributed by atoms with E-state index in [9.17, 15) is 0 Å². The summed E-state index contributed by atoms with van der Waals surface area (Å²) >= 11 is 0. The lowest BCUT2D eigenvalue weighted by molar-refractivity contribution is 0.507. The van der Waals surface area contributed by atoms with Crippen LogP contribution >= 0.6 is 24.0 Å². The van der Waals surface area contributed by atoms with E-state index in [1.54, 1.807) is 13.3 Å². The lowest BCUT2D eigenvalue weighted by atomic mass is 10.2. The topological polar surface area (TPSA) is 67.4 Å². The normalized spacial score (nSPS) is 11.0. The summed E-state index contributed by atoms with van der Waals surface area (Å²) < 4.78 is 7.21. The zero-order valence-electron chi connectivity index (χ0n) is 14.8. The highest BCUT2D eigenvalue weighted by atomic mass is 127. The van der Waals surface area contributed by atoms with E-state index in [0.29, 0.717) is 0 Å². The summed E-state index contributed by atoms with van der Waals surface area (Å²) in [6.07, 6.45) is 7.37. The van der Waals surface area contributed by atoms with E-state index in [2.05, 4.69) is 26.9 Å². The molecule has 7 heteroatoms. The Morgan fingerprint density at radius 1 is 1.08 bits per heavy atom. The van der Waals surface area contributed by atoms with Gasteiger partial charge in [-0.25, -0.2) is 4.68 Å². The molecule has 0 saturated heterocycles. The Morgan fingerprint density at radius 2 is 1.85 bits per heavy atom. The van der Waals surface area contributed by atoms with Crippen LogP contribution in [-0.4, -0.2) is 35.9 Å². The molecule has 2 N–H and O–H groups in total. The number of rotatable bonds is 7. The first-order valence-electron chi connectivity index (χ1n) is 8.41. The summed E-state index contributed by atoms with van der Waals surface area (Å²) in [5, 5.41) is 11.0. The number of hydrogen-bond donors (Lipinski definition) is 2. The summed E-state index contributed by atoms with van der Waals surface area (Å²) in [5.74, 6) is 1.76. The highest BCUT2D eigenvalue weighted by Gasteiger charge is 2.02. The Morgan fingerprint density at radius 3 is 2.54 bits per heavy atom. The molecule has 26 heavy (non-hydrogen) atoms. The largest absolute Gasteiger partial charge is 0.469 e. The lowest BCUT2D eigenvalue weighted by Gasteiger charge is -2.10. The van der Waals surface area contributed by atoms with Crippen molar-refractivity contribution in [1.82, 2.24) is 20.4 Å². The van der Waals surface area contributed by atoms with Crippen molar-refractivity contribution in [2.75, 3.05) is 20.1 Å². The summed E-state index contributed by atoms with van der Waals surface area (Å²) in [5.41, 5.74) is 2.25. The molecule has 0 bridgehead atoms. The number of hydrogen-bond acceptors (Lipinski definition) is 3. The smallest absolute Gasteiger partial charge is 0.191 e. The van der Waals surface area contributed by atoms with E-state index < -0.39 is 0 Å². The molecule has 0 spiro atoms. The number of para-hydroxylation sites is 1. The number of guanidine groups is 1. The Balaban J connectivity index is 0.00000243. The van der Waals surface area contributed by atoms with Crippen molar-refractivity contribution in [2.45, 2.75) is 12.8 Å². The van der Waals surface area contributed by atoms with Gasteiger partial charge in [0, 0.05) is 32.8 Å². The van der Waals surface area contributed by atoms with Crippen LogP contribution in [0.5, 0.6) is 0 Å². The van der Waals surface area contributed by atoms with Gasteiger partial charge >= 0.3 is 0 Å². The summed E-state index contributed by atoms with van der Waals surface area (Å²) in [6.45, 7) is 1.57. The molecule has 0 saturated carbocycles. The maximum atomic E-state index is 5.32. The van der Waals surface area contributed by atoms with Crippen LogP contribution in [0.25, 0.3) is 5.69 Å². The maximum absolute atomic E-state index is 5.32. The first-order chi connectivity index (χ1) is 12.3. The summed E-state index contributed by atoms with van der Waals surface area (Å²) in [6, 6.07) is 14.0. The molecule has 3 aromatic rings. The number of halogens is 1. The summed E-state index contributed by atoms with van der Waals surface area (Å²) in [7, 11) is 1.77. The standard InChI is InChI=1S/C19H23N5O.HI/c1-20-19(22-12-10-18-8-5-13-25-18)21-11-9-16-14-23-24(15-16)17-6-3-2-4-7-17;/h2-8,13-15H,9-12H2,1H3,(H2,20,21,22);1H. The average molecular weight is 465 g/mol. The fourth-order valence-electron chi connectivity index (χ4n) is 2.52. The fourth-order valence-corrected chi connectivity index (χ4v) is 2.52.